The van der Waals surface area contributed by atoms with E-state index in [9.17, 15) is 24.0 Å². The van der Waals surface area contributed by atoms with Crippen molar-refractivity contribution >= 4 is 73.9 Å². The van der Waals surface area contributed by atoms with E-state index in [1.807, 2.05) is 13.8 Å². The number of amides is 3. The van der Waals surface area contributed by atoms with E-state index >= 15 is 0 Å². The molecule has 0 aromatic heterocycles. The lowest BCUT2D eigenvalue weighted by Crippen LogP contribution is -2.36. The summed E-state index contributed by atoms with van der Waals surface area (Å²) in [7, 11) is 0. The average Bonchev–Trinajstić information content (AvgIpc) is 3.37. The summed E-state index contributed by atoms with van der Waals surface area (Å²) in [6, 6.07) is 1.38. The number of rotatable bonds is 20. The normalized spacial score (nSPS) is 11.4. The zero-order valence-corrected chi connectivity index (χ0v) is 36.8. The van der Waals surface area contributed by atoms with Gasteiger partial charge >= 0.3 is 11.9 Å². The van der Waals surface area contributed by atoms with Gasteiger partial charge in [-0.1, -0.05) is 63.1 Å². The molecule has 0 spiro atoms. The first-order valence-corrected chi connectivity index (χ1v) is 19.2. The lowest BCUT2D eigenvalue weighted by atomic mass is 10.2. The van der Waals surface area contributed by atoms with Crippen molar-refractivity contribution in [1.29, 1.82) is 0 Å². The Morgan fingerprint density at radius 2 is 1.31 bits per heavy atom. The molecule has 0 unspecified atom stereocenters. The van der Waals surface area contributed by atoms with Gasteiger partial charge in [-0.15, -0.1) is 17.5 Å². The number of alkyl halides is 2. The van der Waals surface area contributed by atoms with Crippen LogP contribution in [0, 0.1) is 0 Å². The molecule has 1 aliphatic heterocycles. The first-order chi connectivity index (χ1) is 23.9. The molecular formula is C34H67Br2ClN6O9. The van der Waals surface area contributed by atoms with Crippen molar-refractivity contribution in [3.05, 3.63) is 24.3 Å². The highest BCUT2D eigenvalue weighted by Gasteiger charge is 2.32. The van der Waals surface area contributed by atoms with E-state index in [0.717, 1.165) is 43.6 Å². The van der Waals surface area contributed by atoms with Gasteiger partial charge < -0.3 is 20.6 Å². The van der Waals surface area contributed by atoms with Crippen LogP contribution in [0.3, 0.4) is 0 Å². The van der Waals surface area contributed by atoms with Crippen molar-refractivity contribution in [3.63, 3.8) is 0 Å². The van der Waals surface area contributed by atoms with Crippen LogP contribution in [0.5, 0.6) is 0 Å². The second-order valence-electron chi connectivity index (χ2n) is 11.4. The molecule has 3 amide bonds. The molecule has 52 heavy (non-hydrogen) atoms. The van der Waals surface area contributed by atoms with E-state index in [1.54, 1.807) is 6.92 Å². The lowest BCUT2D eigenvalue weighted by molar-refractivity contribution is -0.195. The zero-order valence-electron chi connectivity index (χ0n) is 32.8. The minimum Gasteiger partial charge on any atom is -0.466 e. The summed E-state index contributed by atoms with van der Waals surface area (Å²) in [5.74, 6) is -1.78. The first kappa shape index (κ1) is 59.3. The summed E-state index contributed by atoms with van der Waals surface area (Å²) in [6.45, 7) is 31.2. The van der Waals surface area contributed by atoms with Gasteiger partial charge in [-0.2, -0.15) is 0 Å². The Hall–Kier alpha value is -1.96. The number of carbonyl (C=O) groups excluding carboxylic acids is 5. The van der Waals surface area contributed by atoms with Crippen molar-refractivity contribution in [3.8, 4) is 0 Å². The lowest BCUT2D eigenvalue weighted by Gasteiger charge is -2.28. The molecule has 0 bridgehead atoms. The van der Waals surface area contributed by atoms with Crippen molar-refractivity contribution in [1.82, 2.24) is 26.2 Å². The number of halogens is 3. The Labute approximate surface area is 335 Å². The summed E-state index contributed by atoms with van der Waals surface area (Å²) >= 11 is 5.90. The zero-order chi connectivity index (χ0) is 40.2. The second kappa shape index (κ2) is 41.8. The van der Waals surface area contributed by atoms with E-state index in [0.29, 0.717) is 55.4 Å². The number of hydrogen-bond acceptors (Lipinski definition) is 13. The van der Waals surface area contributed by atoms with Crippen LogP contribution < -0.4 is 22.0 Å². The molecule has 5 N–H and O–H groups in total. The Morgan fingerprint density at radius 3 is 1.60 bits per heavy atom. The van der Waals surface area contributed by atoms with Crippen molar-refractivity contribution in [2.45, 2.75) is 100 Å². The quantitative estimate of drug-likeness (QED) is 0.0334. The number of nitrogens with two attached hydrogens (primary N) is 1. The van der Waals surface area contributed by atoms with Gasteiger partial charge in [-0.3, -0.25) is 33.8 Å². The standard InChI is InChI=1S/C9H17BrN2O2.C8H19N.C7H16N2O.C6H6BrNO4.C4H8O2.ClH/c1-8(2)7-14-12-5-3-4-11-9(13)6-10;1-6-9(7(2)3)8(4)5;1-7(2)6-10-9-5-3-4-8;7-3-6(11)12-8-4(9)1-2-5(8)10;1-3-6-4(2)5;/h12H,1,3-7H2,2H3,(H,11,13);7-8H,6H2,1-5H3;9H,1,3-6,8H2,2H3;1-3H2;3H2,1-2H3;1H. The molecule has 0 saturated carbocycles. The molecule has 0 aromatic rings. The van der Waals surface area contributed by atoms with Crippen LogP contribution in [0.25, 0.3) is 0 Å². The molecule has 1 rings (SSSR count). The van der Waals surface area contributed by atoms with Crippen LogP contribution in [-0.2, 0) is 43.2 Å². The van der Waals surface area contributed by atoms with E-state index in [-0.39, 0.29) is 42.5 Å². The SMILES string of the molecule is C=C(C)CONCCCN.C=C(C)CONCCCNC(=O)CBr.CCN(C(C)C)C(C)C.CCOC(C)=O.Cl.O=C(CBr)ON1C(=O)CCC1=O. The van der Waals surface area contributed by atoms with Crippen LogP contribution in [0.2, 0.25) is 0 Å². The molecule has 0 radical (unpaired) electrons. The molecule has 1 heterocycles. The first-order valence-electron chi connectivity index (χ1n) is 17.0. The molecule has 18 heteroatoms. The van der Waals surface area contributed by atoms with Gasteiger partial charge in [0, 0.05) is 51.5 Å². The second-order valence-corrected chi connectivity index (χ2v) is 12.5. The maximum atomic E-state index is 10.8. The highest BCUT2D eigenvalue weighted by Crippen LogP contribution is 2.12. The molecule has 1 saturated heterocycles. The average molecular weight is 899 g/mol. The number of nitrogens with zero attached hydrogens (tertiary/aromatic N) is 2. The fraction of sp³-hybridized carbons (Fsp3) is 0.735. The fourth-order valence-corrected chi connectivity index (χ4v) is 3.72. The number of carbonyl (C=O) groups is 5. The smallest absolute Gasteiger partial charge is 0.343 e. The molecule has 0 atom stereocenters. The van der Waals surface area contributed by atoms with Crippen LogP contribution in [0.1, 0.15) is 88.0 Å². The summed E-state index contributed by atoms with van der Waals surface area (Å²) in [6.07, 6.45) is 2.02. The van der Waals surface area contributed by atoms with Crippen LogP contribution >= 0.6 is 44.3 Å². The van der Waals surface area contributed by atoms with E-state index in [4.69, 9.17) is 15.4 Å². The molecule has 0 aliphatic carbocycles. The van der Waals surface area contributed by atoms with Gasteiger partial charge in [0.1, 0.15) is 5.33 Å². The van der Waals surface area contributed by atoms with Crippen molar-refractivity contribution in [2.75, 3.05) is 63.2 Å². The molecule has 1 fully saturated rings. The van der Waals surface area contributed by atoms with Gasteiger partial charge in [0.25, 0.3) is 11.8 Å². The number of hydrogen-bond donors (Lipinski definition) is 4. The molecule has 1 aliphatic rings. The Kier molecular flexibility index (Phi) is 47.7. The maximum absolute atomic E-state index is 10.8. The summed E-state index contributed by atoms with van der Waals surface area (Å²) in [5, 5.41) is 3.57. The third-order valence-electron chi connectivity index (χ3n) is 5.57. The number of ether oxygens (including phenoxy) is 1. The van der Waals surface area contributed by atoms with Crippen LogP contribution in [0.15, 0.2) is 24.3 Å². The van der Waals surface area contributed by atoms with Gasteiger partial charge in [0.2, 0.25) is 5.91 Å². The highest BCUT2D eigenvalue weighted by molar-refractivity contribution is 9.09. The summed E-state index contributed by atoms with van der Waals surface area (Å²) in [4.78, 5) is 69.9. The molecule has 308 valence electrons. The number of nitrogens with one attached hydrogen (secondary N) is 3. The fourth-order valence-electron chi connectivity index (χ4n) is 3.42. The number of hydroxylamine groups is 4. The highest BCUT2D eigenvalue weighted by atomic mass is 79.9. The molecule has 15 nitrogen and oxygen atoms in total. The minimum atomic E-state index is -0.654. The number of esters is 1. The number of imide groups is 1. The van der Waals surface area contributed by atoms with E-state index in [2.05, 4.69) is 110 Å². The third kappa shape index (κ3) is 44.2. The van der Waals surface area contributed by atoms with Crippen LogP contribution in [0.4, 0.5) is 0 Å². The third-order valence-corrected chi connectivity index (χ3v) is 6.54. The van der Waals surface area contributed by atoms with E-state index < -0.39 is 17.8 Å². The largest absolute Gasteiger partial charge is 0.466 e. The monoisotopic (exact) mass is 896 g/mol. The molecular weight excluding hydrogens is 832 g/mol. The van der Waals surface area contributed by atoms with Gasteiger partial charge in [0.15, 0.2) is 0 Å². The predicted molar refractivity (Wildman–Crippen MR) is 216 cm³/mol. The summed E-state index contributed by atoms with van der Waals surface area (Å²) < 4.78 is 4.40. The topological polar surface area (TPSA) is 191 Å². The Balaban J connectivity index is -0.000000180. The Bertz CT molecular complexity index is 956. The van der Waals surface area contributed by atoms with Gasteiger partial charge in [-0.05, 0) is 74.4 Å². The van der Waals surface area contributed by atoms with Crippen molar-refractivity contribution in [2.24, 2.45) is 5.73 Å². The van der Waals surface area contributed by atoms with E-state index in [1.165, 1.54) is 6.92 Å². The van der Waals surface area contributed by atoms with Crippen molar-refractivity contribution < 1.29 is 43.2 Å². The van der Waals surface area contributed by atoms with Crippen LogP contribution in [-0.4, -0.2) is 115 Å². The van der Waals surface area contributed by atoms with Gasteiger partial charge in [-0.25, -0.2) is 15.8 Å². The molecule has 0 aromatic carbocycles. The Morgan fingerprint density at radius 1 is 0.846 bits per heavy atom. The summed E-state index contributed by atoms with van der Waals surface area (Å²) in [5.41, 5.74) is 12.8. The predicted octanol–water partition coefficient (Wildman–Crippen LogP) is 4.52. The maximum Gasteiger partial charge on any atom is 0.343 e. The minimum absolute atomic E-state index is 0. The van der Waals surface area contributed by atoms with Gasteiger partial charge in [0.05, 0.1) is 25.2 Å².